The molecule has 0 atom stereocenters. The Morgan fingerprint density at radius 2 is 1.73 bits per heavy atom. The number of piperidine rings is 1. The van der Waals surface area contributed by atoms with Gasteiger partial charge in [0.1, 0.15) is 5.75 Å². The fraction of sp³-hybridized carbons (Fsp3) is 0.435. The molecule has 162 valence electrons. The Balaban J connectivity index is 1.94. The van der Waals surface area contributed by atoms with E-state index in [4.69, 9.17) is 4.74 Å². The SMILES string of the molecule is CCS(=O)(=O)N1CCC(C(=O)Nc2ccc(C)c(OC)c2C)(c2ccccc2)CC1. The number of methoxy groups -OCH3 is 1. The van der Waals surface area contributed by atoms with Gasteiger partial charge in [-0.15, -0.1) is 0 Å². The van der Waals surface area contributed by atoms with E-state index in [9.17, 15) is 13.2 Å². The number of nitrogens with zero attached hydrogens (tertiary/aromatic N) is 1. The number of carbonyl (C=O) groups excluding carboxylic acids is 1. The number of anilines is 1. The van der Waals surface area contributed by atoms with Crippen molar-refractivity contribution in [3.05, 3.63) is 59.2 Å². The van der Waals surface area contributed by atoms with E-state index in [0.29, 0.717) is 31.6 Å². The first-order chi connectivity index (χ1) is 14.2. The van der Waals surface area contributed by atoms with Crippen molar-refractivity contribution in [3.8, 4) is 5.75 Å². The fourth-order valence-electron chi connectivity index (χ4n) is 4.25. The standard InChI is InChI=1S/C23H30N2O4S/c1-5-30(27,28)25-15-13-23(14-16-25,19-9-7-6-8-10-19)22(26)24-20-12-11-17(2)21(29-4)18(20)3/h6-12H,5,13-16H2,1-4H3,(H,24,26). The van der Waals surface area contributed by atoms with Crippen LogP contribution in [0.25, 0.3) is 0 Å². The molecule has 1 aliphatic heterocycles. The zero-order valence-electron chi connectivity index (χ0n) is 18.1. The lowest BCUT2D eigenvalue weighted by Crippen LogP contribution is -2.51. The summed E-state index contributed by atoms with van der Waals surface area (Å²) in [4.78, 5) is 13.6. The van der Waals surface area contributed by atoms with E-state index >= 15 is 0 Å². The summed E-state index contributed by atoms with van der Waals surface area (Å²) >= 11 is 0. The van der Waals surface area contributed by atoms with Crippen LogP contribution in [0.5, 0.6) is 5.75 Å². The smallest absolute Gasteiger partial charge is 0.235 e. The van der Waals surface area contributed by atoms with Gasteiger partial charge in [0.25, 0.3) is 0 Å². The number of ether oxygens (including phenoxy) is 1. The summed E-state index contributed by atoms with van der Waals surface area (Å²) in [5, 5.41) is 3.10. The van der Waals surface area contributed by atoms with E-state index in [1.807, 2.05) is 56.3 Å². The van der Waals surface area contributed by atoms with Gasteiger partial charge in [-0.1, -0.05) is 36.4 Å². The lowest BCUT2D eigenvalue weighted by molar-refractivity contribution is -0.123. The average Bonchev–Trinajstić information content (AvgIpc) is 2.76. The van der Waals surface area contributed by atoms with E-state index in [2.05, 4.69) is 5.32 Å². The van der Waals surface area contributed by atoms with E-state index in [1.54, 1.807) is 14.0 Å². The van der Waals surface area contributed by atoms with Crippen molar-refractivity contribution in [1.29, 1.82) is 0 Å². The number of hydrogen-bond acceptors (Lipinski definition) is 4. The molecule has 30 heavy (non-hydrogen) atoms. The molecule has 1 aliphatic rings. The molecule has 1 saturated heterocycles. The van der Waals surface area contributed by atoms with Crippen LogP contribution in [0.3, 0.4) is 0 Å². The summed E-state index contributed by atoms with van der Waals surface area (Å²) in [6.07, 6.45) is 0.869. The van der Waals surface area contributed by atoms with Crippen LogP contribution >= 0.6 is 0 Å². The third-order valence-corrected chi connectivity index (χ3v) is 8.03. The maximum Gasteiger partial charge on any atom is 0.235 e. The molecule has 0 saturated carbocycles. The third-order valence-electron chi connectivity index (χ3n) is 6.15. The van der Waals surface area contributed by atoms with Gasteiger partial charge < -0.3 is 10.1 Å². The highest BCUT2D eigenvalue weighted by Crippen LogP contribution is 2.38. The predicted octanol–water partition coefficient (Wildman–Crippen LogP) is 3.63. The molecule has 3 rings (SSSR count). The normalized spacial score (nSPS) is 16.8. The molecule has 0 spiro atoms. The van der Waals surface area contributed by atoms with E-state index in [0.717, 1.165) is 22.4 Å². The first-order valence-electron chi connectivity index (χ1n) is 10.2. The Kier molecular flexibility index (Phi) is 6.53. The zero-order chi connectivity index (χ0) is 21.9. The van der Waals surface area contributed by atoms with Crippen LogP contribution in [0, 0.1) is 13.8 Å². The number of sulfonamides is 1. The van der Waals surface area contributed by atoms with Crippen molar-refractivity contribution in [2.24, 2.45) is 0 Å². The highest BCUT2D eigenvalue weighted by Gasteiger charge is 2.44. The van der Waals surface area contributed by atoms with Gasteiger partial charge in [0.2, 0.25) is 15.9 Å². The van der Waals surface area contributed by atoms with Gasteiger partial charge in [0, 0.05) is 24.3 Å². The fourth-order valence-corrected chi connectivity index (χ4v) is 5.36. The van der Waals surface area contributed by atoms with Crippen molar-refractivity contribution in [1.82, 2.24) is 4.31 Å². The van der Waals surface area contributed by atoms with Crippen LogP contribution in [-0.2, 0) is 20.2 Å². The number of nitrogens with one attached hydrogen (secondary N) is 1. The van der Waals surface area contributed by atoms with Crippen LogP contribution < -0.4 is 10.1 Å². The quantitative estimate of drug-likeness (QED) is 0.759. The van der Waals surface area contributed by atoms with Crippen molar-refractivity contribution in [3.63, 3.8) is 0 Å². The first kappa shape index (κ1) is 22.3. The molecule has 1 fully saturated rings. The van der Waals surface area contributed by atoms with Gasteiger partial charge in [-0.25, -0.2) is 12.7 Å². The molecule has 0 bridgehead atoms. The Labute approximate surface area is 179 Å². The number of rotatable bonds is 6. The summed E-state index contributed by atoms with van der Waals surface area (Å²) < 4.78 is 31.6. The van der Waals surface area contributed by atoms with Crippen molar-refractivity contribution >= 4 is 21.6 Å². The highest BCUT2D eigenvalue weighted by molar-refractivity contribution is 7.89. The Hall–Kier alpha value is -2.38. The molecule has 1 heterocycles. The molecule has 0 unspecified atom stereocenters. The van der Waals surface area contributed by atoms with Gasteiger partial charge in [-0.2, -0.15) is 0 Å². The number of carbonyl (C=O) groups is 1. The van der Waals surface area contributed by atoms with Crippen molar-refractivity contribution < 1.29 is 17.9 Å². The average molecular weight is 431 g/mol. The van der Waals surface area contributed by atoms with Gasteiger partial charge in [0.05, 0.1) is 18.3 Å². The van der Waals surface area contributed by atoms with E-state index in [-0.39, 0.29) is 11.7 Å². The minimum atomic E-state index is -3.27. The summed E-state index contributed by atoms with van der Waals surface area (Å²) in [7, 11) is -1.65. The molecule has 2 aromatic carbocycles. The van der Waals surface area contributed by atoms with Gasteiger partial charge >= 0.3 is 0 Å². The summed E-state index contributed by atoms with van der Waals surface area (Å²) in [6.45, 7) is 6.19. The zero-order valence-corrected chi connectivity index (χ0v) is 18.9. The second-order valence-electron chi connectivity index (χ2n) is 7.79. The number of hydrogen-bond donors (Lipinski definition) is 1. The minimum absolute atomic E-state index is 0.0693. The molecule has 1 N–H and O–H groups in total. The van der Waals surface area contributed by atoms with Crippen LogP contribution in [0.4, 0.5) is 5.69 Å². The second kappa shape index (κ2) is 8.78. The van der Waals surface area contributed by atoms with E-state index in [1.165, 1.54) is 4.31 Å². The van der Waals surface area contributed by atoms with Gasteiger partial charge in [-0.05, 0) is 50.8 Å². The maximum absolute atomic E-state index is 13.6. The van der Waals surface area contributed by atoms with Crippen molar-refractivity contribution in [2.45, 2.75) is 39.0 Å². The Bertz CT molecular complexity index is 1010. The maximum atomic E-state index is 13.6. The Morgan fingerprint density at radius 1 is 1.10 bits per heavy atom. The van der Waals surface area contributed by atoms with Crippen LogP contribution in [-0.4, -0.2) is 44.6 Å². The number of aryl methyl sites for hydroxylation is 1. The lowest BCUT2D eigenvalue weighted by Gasteiger charge is -2.40. The predicted molar refractivity (Wildman–Crippen MR) is 119 cm³/mol. The molecule has 1 amide bonds. The number of benzene rings is 2. The second-order valence-corrected chi connectivity index (χ2v) is 10.0. The first-order valence-corrected chi connectivity index (χ1v) is 11.8. The molecule has 6 nitrogen and oxygen atoms in total. The molecule has 0 radical (unpaired) electrons. The molecule has 0 aromatic heterocycles. The summed E-state index contributed by atoms with van der Waals surface area (Å²) in [5.41, 5.74) is 2.71. The topological polar surface area (TPSA) is 75.7 Å². The van der Waals surface area contributed by atoms with Crippen LogP contribution in [0.15, 0.2) is 42.5 Å². The van der Waals surface area contributed by atoms with Crippen LogP contribution in [0.2, 0.25) is 0 Å². The molecular formula is C23H30N2O4S. The monoisotopic (exact) mass is 430 g/mol. The third kappa shape index (κ3) is 4.09. The molecule has 7 heteroatoms. The van der Waals surface area contributed by atoms with Gasteiger partial charge in [0.15, 0.2) is 0 Å². The molecular weight excluding hydrogens is 400 g/mol. The van der Waals surface area contributed by atoms with E-state index < -0.39 is 15.4 Å². The molecule has 0 aliphatic carbocycles. The summed E-state index contributed by atoms with van der Waals surface area (Å²) in [6, 6.07) is 13.5. The summed E-state index contributed by atoms with van der Waals surface area (Å²) in [5.74, 6) is 0.710. The van der Waals surface area contributed by atoms with Crippen molar-refractivity contribution in [2.75, 3.05) is 31.3 Å². The minimum Gasteiger partial charge on any atom is -0.496 e. The Morgan fingerprint density at radius 3 is 2.30 bits per heavy atom. The van der Waals surface area contributed by atoms with Crippen LogP contribution in [0.1, 0.15) is 36.5 Å². The highest BCUT2D eigenvalue weighted by atomic mass is 32.2. The largest absolute Gasteiger partial charge is 0.496 e. The number of amides is 1. The van der Waals surface area contributed by atoms with Gasteiger partial charge in [-0.3, -0.25) is 4.79 Å². The molecule has 2 aromatic rings. The lowest BCUT2D eigenvalue weighted by atomic mass is 9.72.